The minimum absolute atomic E-state index is 0.0114. The minimum Gasteiger partial charge on any atom is -0.390 e. The van der Waals surface area contributed by atoms with E-state index in [0.29, 0.717) is 86.8 Å². The molecule has 0 spiro atoms. The van der Waals surface area contributed by atoms with E-state index in [9.17, 15) is 41.1 Å². The van der Waals surface area contributed by atoms with Crippen molar-refractivity contribution < 1.29 is 45.4 Å². The number of imidazole rings is 1. The van der Waals surface area contributed by atoms with Crippen molar-refractivity contribution >= 4 is 50.2 Å². The molecule has 4 fully saturated rings. The van der Waals surface area contributed by atoms with Crippen LogP contribution in [0, 0.1) is 18.7 Å². The maximum atomic E-state index is 16.1. The van der Waals surface area contributed by atoms with Gasteiger partial charge in [0, 0.05) is 64.0 Å². The molecular weight excluding hydrogens is 875 g/mol. The van der Waals surface area contributed by atoms with Gasteiger partial charge in [-0.3, -0.25) is 28.9 Å². The molecule has 65 heavy (non-hydrogen) atoms. The van der Waals surface area contributed by atoms with Gasteiger partial charge in [0.2, 0.25) is 27.8 Å². The van der Waals surface area contributed by atoms with Gasteiger partial charge in [-0.2, -0.15) is 13.2 Å². The molecule has 2 atom stereocenters. The van der Waals surface area contributed by atoms with E-state index in [0.717, 1.165) is 32.0 Å². The van der Waals surface area contributed by atoms with Crippen molar-refractivity contribution in [1.29, 1.82) is 0 Å². The topological polar surface area (TPSA) is 193 Å². The number of benzene rings is 2. The van der Waals surface area contributed by atoms with Crippen LogP contribution in [0.5, 0.6) is 0 Å². The van der Waals surface area contributed by atoms with Crippen LogP contribution in [0.2, 0.25) is 0 Å². The number of hydrogen-bond donors (Lipinski definition) is 4. The number of alkyl halides is 3. The smallest absolute Gasteiger partial charge is 0.390 e. The third kappa shape index (κ3) is 10.1. The molecule has 352 valence electrons. The van der Waals surface area contributed by atoms with E-state index in [2.05, 4.69) is 30.2 Å². The molecule has 4 aliphatic rings. The summed E-state index contributed by atoms with van der Waals surface area (Å²) < 4.78 is 95.9. The highest BCUT2D eigenvalue weighted by Gasteiger charge is 2.40. The van der Waals surface area contributed by atoms with Gasteiger partial charge in [-0.15, -0.1) is 0 Å². The Labute approximate surface area is 373 Å². The molecule has 4 aromatic rings. The Kier molecular flexibility index (Phi) is 13.2. The molecular formula is C44H55F4N9O7S. The molecule has 1 aliphatic carbocycles. The van der Waals surface area contributed by atoms with Gasteiger partial charge in [-0.1, -0.05) is 0 Å². The number of aliphatic hydroxyl groups is 1. The van der Waals surface area contributed by atoms with Crippen LogP contribution in [0.25, 0.3) is 11.0 Å². The van der Waals surface area contributed by atoms with Crippen molar-refractivity contribution in [3.63, 3.8) is 0 Å². The standard InChI is InChI=1S/C44H55F4N9O7S/c1-26-22-30(4-5-32(26)51-41-49-24-31(44(46,47)48)38(53-41)28-10-15-43(2,61)16-11-28)65(62,63)50-23-29-25-55(20-21-64-29)17-12-27-13-18-56(19-14-27)33-6-7-34-39(37(33)45)54(3)42(60)57(34)35-8-9-36(58)52-40(35)59/h4-7,22,24,27-29,35,50,61H,8-21,23,25H2,1-3H3,(H,49,51,53)(H,52,58,59). The number of anilines is 3. The first-order valence-electron chi connectivity index (χ1n) is 22.1. The zero-order valence-electron chi connectivity index (χ0n) is 36.6. The zero-order chi connectivity index (χ0) is 46.4. The molecule has 3 saturated heterocycles. The molecule has 8 rings (SSSR count). The van der Waals surface area contributed by atoms with Crippen LogP contribution in [0.1, 0.15) is 93.5 Å². The lowest BCUT2D eigenvalue weighted by Gasteiger charge is -2.36. The van der Waals surface area contributed by atoms with Gasteiger partial charge in [0.1, 0.15) is 11.6 Å². The lowest BCUT2D eigenvalue weighted by atomic mass is 9.78. The van der Waals surface area contributed by atoms with E-state index < -0.39 is 62.6 Å². The van der Waals surface area contributed by atoms with Gasteiger partial charge in [-0.05, 0) is 114 Å². The summed E-state index contributed by atoms with van der Waals surface area (Å²) in [5.41, 5.74) is -0.747. The number of ether oxygens (including phenoxy) is 1. The van der Waals surface area contributed by atoms with E-state index >= 15 is 4.39 Å². The first-order chi connectivity index (χ1) is 30.8. The second-order valence-corrected chi connectivity index (χ2v) is 19.9. The van der Waals surface area contributed by atoms with Crippen LogP contribution in [0.3, 0.4) is 0 Å². The van der Waals surface area contributed by atoms with Crippen LogP contribution < -0.4 is 25.9 Å². The van der Waals surface area contributed by atoms with Crippen LogP contribution in [-0.4, -0.2) is 107 Å². The molecule has 2 aromatic carbocycles. The van der Waals surface area contributed by atoms with Crippen LogP contribution in [-0.2, 0) is 37.6 Å². The number of sulfonamides is 1. The number of amides is 2. The molecule has 21 heteroatoms. The van der Waals surface area contributed by atoms with Crippen molar-refractivity contribution in [3.05, 3.63) is 69.7 Å². The second-order valence-electron chi connectivity index (χ2n) is 18.2. The molecule has 1 saturated carbocycles. The molecule has 2 aromatic heterocycles. The van der Waals surface area contributed by atoms with Crippen LogP contribution in [0.15, 0.2) is 46.2 Å². The number of nitrogens with one attached hydrogen (secondary N) is 3. The maximum Gasteiger partial charge on any atom is 0.419 e. The fourth-order valence-electron chi connectivity index (χ4n) is 9.67. The highest BCUT2D eigenvalue weighted by atomic mass is 32.2. The summed E-state index contributed by atoms with van der Waals surface area (Å²) in [5, 5.41) is 15.6. The number of aryl methyl sites for hydroxylation is 2. The van der Waals surface area contributed by atoms with Crippen molar-refractivity contribution in [2.75, 3.05) is 56.1 Å². The van der Waals surface area contributed by atoms with Crippen LogP contribution >= 0.6 is 0 Å². The molecule has 2 unspecified atom stereocenters. The van der Waals surface area contributed by atoms with Gasteiger partial charge in [0.05, 0.1) is 45.7 Å². The van der Waals surface area contributed by atoms with E-state index in [4.69, 9.17) is 4.74 Å². The molecule has 0 bridgehead atoms. The summed E-state index contributed by atoms with van der Waals surface area (Å²) in [7, 11) is -2.48. The summed E-state index contributed by atoms with van der Waals surface area (Å²) in [6, 6.07) is 6.81. The number of nitrogens with zero attached hydrogens (tertiary/aromatic N) is 6. The Morgan fingerprint density at radius 1 is 1.03 bits per heavy atom. The zero-order valence-corrected chi connectivity index (χ0v) is 37.4. The molecule has 16 nitrogen and oxygen atoms in total. The number of halogens is 4. The second kappa shape index (κ2) is 18.4. The summed E-state index contributed by atoms with van der Waals surface area (Å²) in [6.45, 7) is 7.09. The first-order valence-corrected chi connectivity index (χ1v) is 23.6. The summed E-state index contributed by atoms with van der Waals surface area (Å²) >= 11 is 0. The third-order valence-electron chi connectivity index (χ3n) is 13.5. The van der Waals surface area contributed by atoms with Crippen molar-refractivity contribution in [2.24, 2.45) is 13.0 Å². The number of morpholine rings is 1. The molecule has 5 heterocycles. The third-order valence-corrected chi connectivity index (χ3v) is 15.0. The fraction of sp³-hybridized carbons (Fsp3) is 0.568. The normalized spacial score (nSPS) is 24.1. The number of carbonyl (C=O) groups is 2. The highest BCUT2D eigenvalue weighted by molar-refractivity contribution is 7.89. The van der Waals surface area contributed by atoms with E-state index in [1.807, 2.05) is 4.90 Å². The molecule has 0 radical (unpaired) electrons. The Hall–Kier alpha value is -4.96. The Bertz CT molecular complexity index is 2620. The number of rotatable bonds is 12. The van der Waals surface area contributed by atoms with Gasteiger partial charge in [-0.25, -0.2) is 32.3 Å². The van der Waals surface area contributed by atoms with E-state index in [1.165, 1.54) is 34.4 Å². The minimum atomic E-state index is -4.65. The largest absolute Gasteiger partial charge is 0.419 e. The first kappa shape index (κ1) is 46.6. The van der Waals surface area contributed by atoms with E-state index in [1.54, 1.807) is 26.0 Å². The summed E-state index contributed by atoms with van der Waals surface area (Å²) in [5.74, 6) is -1.67. The monoisotopic (exact) mass is 929 g/mol. The van der Waals surface area contributed by atoms with Gasteiger partial charge < -0.3 is 20.1 Å². The number of aromatic nitrogens is 4. The predicted octanol–water partition coefficient (Wildman–Crippen LogP) is 5.01. The maximum absolute atomic E-state index is 16.1. The fourth-order valence-corrected chi connectivity index (χ4v) is 10.8. The average molecular weight is 930 g/mol. The van der Waals surface area contributed by atoms with Crippen molar-refractivity contribution in [1.82, 2.24) is 34.0 Å². The van der Waals surface area contributed by atoms with Gasteiger partial charge >= 0.3 is 11.9 Å². The Balaban J connectivity index is 0.822. The lowest BCUT2D eigenvalue weighted by molar-refractivity contribution is -0.139. The van der Waals surface area contributed by atoms with Crippen LogP contribution in [0.4, 0.5) is 34.9 Å². The number of piperidine rings is 2. The number of imide groups is 1. The predicted molar refractivity (Wildman–Crippen MR) is 233 cm³/mol. The SMILES string of the molecule is Cc1cc(S(=O)(=O)NCC2CN(CCC3CCN(c4ccc5c(c4F)n(C)c(=O)n5C4CCC(=O)NC4=O)CC3)CCO2)ccc1Nc1ncc(C(F)(F)F)c(C2CCC(C)(O)CC2)n1. The van der Waals surface area contributed by atoms with Gasteiger partial charge in [0.25, 0.3) is 0 Å². The summed E-state index contributed by atoms with van der Waals surface area (Å²) in [6.07, 6.45) is -0.0557. The molecule has 2 amide bonds. The number of carbonyl (C=O) groups excluding carboxylic acids is 2. The average Bonchev–Trinajstić information content (AvgIpc) is 3.51. The van der Waals surface area contributed by atoms with Gasteiger partial charge in [0.15, 0.2) is 5.82 Å². The quantitative estimate of drug-likeness (QED) is 0.110. The van der Waals surface area contributed by atoms with Crippen molar-refractivity contribution in [3.8, 4) is 0 Å². The number of fused-ring (bicyclic) bond motifs is 1. The molecule has 3 aliphatic heterocycles. The lowest BCUT2D eigenvalue weighted by Crippen LogP contribution is -2.48. The highest BCUT2D eigenvalue weighted by Crippen LogP contribution is 2.42. The van der Waals surface area contributed by atoms with E-state index in [-0.39, 0.29) is 47.5 Å². The molecule has 4 N–H and O–H groups in total. The number of hydrogen-bond acceptors (Lipinski definition) is 12. The van der Waals surface area contributed by atoms with Crippen molar-refractivity contribution in [2.45, 2.75) is 106 Å². The Morgan fingerprint density at radius 2 is 1.77 bits per heavy atom. The summed E-state index contributed by atoms with van der Waals surface area (Å²) in [4.78, 5) is 50.0. The Morgan fingerprint density at radius 3 is 2.46 bits per heavy atom.